The zero-order valence-corrected chi connectivity index (χ0v) is 9.21. The van der Waals surface area contributed by atoms with E-state index in [1.165, 1.54) is 12.1 Å². The Morgan fingerprint density at radius 3 is 2.24 bits per heavy atom. The largest absolute Gasteiger partial charge is 0.504 e. The average molecular weight is 224 g/mol. The van der Waals surface area contributed by atoms with Crippen molar-refractivity contribution in [3.05, 3.63) is 75.9 Å². The van der Waals surface area contributed by atoms with E-state index in [4.69, 9.17) is 0 Å². The molecule has 2 nitrogen and oxygen atoms in total. The van der Waals surface area contributed by atoms with Crippen molar-refractivity contribution in [1.29, 1.82) is 0 Å². The molecule has 0 saturated carbocycles. The maximum Gasteiger partial charge on any atom is 0.220 e. The van der Waals surface area contributed by atoms with Crippen LogP contribution in [0, 0.1) is 0 Å². The third kappa shape index (κ3) is 3.05. The molecule has 0 aliphatic rings. The second-order valence-electron chi connectivity index (χ2n) is 3.66. The van der Waals surface area contributed by atoms with Gasteiger partial charge in [0.15, 0.2) is 5.75 Å². The average Bonchev–Trinajstić information content (AvgIpc) is 2.51. The van der Waals surface area contributed by atoms with E-state index in [-0.39, 0.29) is 11.2 Å². The van der Waals surface area contributed by atoms with Gasteiger partial charge in [0.1, 0.15) is 0 Å². The minimum absolute atomic E-state index is 0.232. The predicted octanol–water partition coefficient (Wildman–Crippen LogP) is 2.92. The van der Waals surface area contributed by atoms with Gasteiger partial charge in [0.05, 0.1) is 0 Å². The van der Waals surface area contributed by atoms with Gasteiger partial charge in [-0.05, 0) is 23.3 Å². The summed E-state index contributed by atoms with van der Waals surface area (Å²) in [7, 11) is 0. The molecule has 2 heteroatoms. The summed E-state index contributed by atoms with van der Waals surface area (Å²) in [5, 5.41) is 9.25. The third-order valence-electron chi connectivity index (χ3n) is 2.36. The van der Waals surface area contributed by atoms with Gasteiger partial charge in [0, 0.05) is 0 Å². The van der Waals surface area contributed by atoms with Crippen LogP contribution in [-0.4, -0.2) is 5.11 Å². The van der Waals surface area contributed by atoms with Crippen LogP contribution in [0.15, 0.2) is 59.4 Å². The van der Waals surface area contributed by atoms with Crippen LogP contribution in [0.25, 0.3) is 12.2 Å². The first-order chi connectivity index (χ1) is 8.25. The number of aromatic hydroxyl groups is 1. The molecule has 0 aliphatic heterocycles. The highest BCUT2D eigenvalue weighted by molar-refractivity contribution is 5.69. The minimum atomic E-state index is -0.372. The van der Waals surface area contributed by atoms with Crippen molar-refractivity contribution < 1.29 is 5.11 Å². The lowest BCUT2D eigenvalue weighted by atomic mass is 10.2. The Bertz CT molecular complexity index is 586. The van der Waals surface area contributed by atoms with E-state index in [9.17, 15) is 9.90 Å². The normalized spacial score (nSPS) is 10.6. The zero-order valence-electron chi connectivity index (χ0n) is 9.21. The topological polar surface area (TPSA) is 37.3 Å². The summed E-state index contributed by atoms with van der Waals surface area (Å²) < 4.78 is 0. The molecule has 17 heavy (non-hydrogen) atoms. The minimum Gasteiger partial charge on any atom is -0.504 e. The molecule has 0 unspecified atom stereocenters. The zero-order chi connectivity index (χ0) is 12.1. The number of benzene rings is 1. The Balaban J connectivity index is 2.32. The Morgan fingerprint density at radius 2 is 1.47 bits per heavy atom. The van der Waals surface area contributed by atoms with E-state index in [1.807, 2.05) is 42.5 Å². The fraction of sp³-hybridized carbons (Fsp3) is 0. The van der Waals surface area contributed by atoms with Gasteiger partial charge in [-0.25, -0.2) is 0 Å². The molecular formula is C15H12O2. The van der Waals surface area contributed by atoms with Crippen LogP contribution in [0.5, 0.6) is 5.75 Å². The third-order valence-corrected chi connectivity index (χ3v) is 2.36. The summed E-state index contributed by atoms with van der Waals surface area (Å²) in [6.07, 6.45) is 3.77. The maximum absolute atomic E-state index is 11.4. The second-order valence-corrected chi connectivity index (χ2v) is 3.66. The SMILES string of the molecule is O=c1cc(/C=C\c2ccccc2)cccc1O. The van der Waals surface area contributed by atoms with Crippen LogP contribution in [0.2, 0.25) is 0 Å². The monoisotopic (exact) mass is 224 g/mol. The molecule has 1 N–H and O–H groups in total. The molecule has 0 aromatic heterocycles. The van der Waals surface area contributed by atoms with Crippen LogP contribution >= 0.6 is 0 Å². The van der Waals surface area contributed by atoms with Gasteiger partial charge in [-0.2, -0.15) is 0 Å². The molecule has 0 spiro atoms. The Kier molecular flexibility index (Phi) is 3.36. The molecule has 0 radical (unpaired) electrons. The van der Waals surface area contributed by atoms with E-state index >= 15 is 0 Å². The van der Waals surface area contributed by atoms with E-state index < -0.39 is 0 Å². The molecule has 84 valence electrons. The molecule has 0 saturated heterocycles. The summed E-state index contributed by atoms with van der Waals surface area (Å²) in [6, 6.07) is 16.1. The first-order valence-electron chi connectivity index (χ1n) is 5.32. The van der Waals surface area contributed by atoms with Gasteiger partial charge in [-0.15, -0.1) is 0 Å². The highest BCUT2D eigenvalue weighted by atomic mass is 16.3. The number of hydrogen-bond donors (Lipinski definition) is 1. The first kappa shape index (κ1) is 11.1. The van der Waals surface area contributed by atoms with E-state index in [2.05, 4.69) is 0 Å². The van der Waals surface area contributed by atoms with Crippen molar-refractivity contribution in [2.45, 2.75) is 0 Å². The quantitative estimate of drug-likeness (QED) is 0.851. The maximum atomic E-state index is 11.4. The van der Waals surface area contributed by atoms with Crippen LogP contribution in [-0.2, 0) is 0 Å². The van der Waals surface area contributed by atoms with Gasteiger partial charge in [0.25, 0.3) is 0 Å². The standard InChI is InChI=1S/C15H12O2/c16-14-8-4-7-13(11-15(14)17)10-9-12-5-2-1-3-6-12/h1-11H,(H,16,17)/b10-9-. The van der Waals surface area contributed by atoms with E-state index in [0.29, 0.717) is 0 Å². The van der Waals surface area contributed by atoms with E-state index in [0.717, 1.165) is 11.1 Å². The molecular weight excluding hydrogens is 212 g/mol. The lowest BCUT2D eigenvalue weighted by Crippen LogP contribution is -1.93. The van der Waals surface area contributed by atoms with Crippen LogP contribution in [0.1, 0.15) is 11.1 Å². The van der Waals surface area contributed by atoms with Gasteiger partial charge < -0.3 is 5.11 Å². The molecule has 0 amide bonds. The van der Waals surface area contributed by atoms with Crippen molar-refractivity contribution in [1.82, 2.24) is 0 Å². The smallest absolute Gasteiger partial charge is 0.220 e. The Morgan fingerprint density at radius 1 is 0.824 bits per heavy atom. The molecule has 0 bridgehead atoms. The van der Waals surface area contributed by atoms with Gasteiger partial charge >= 0.3 is 0 Å². The molecule has 0 atom stereocenters. The van der Waals surface area contributed by atoms with Crippen molar-refractivity contribution in [2.75, 3.05) is 0 Å². The molecule has 2 aromatic carbocycles. The van der Waals surface area contributed by atoms with Crippen LogP contribution < -0.4 is 5.43 Å². The van der Waals surface area contributed by atoms with Crippen molar-refractivity contribution in [3.63, 3.8) is 0 Å². The van der Waals surface area contributed by atoms with Crippen molar-refractivity contribution in [3.8, 4) is 5.75 Å². The fourth-order valence-electron chi connectivity index (χ4n) is 1.47. The second kappa shape index (κ2) is 5.12. The molecule has 0 heterocycles. The fourth-order valence-corrected chi connectivity index (χ4v) is 1.47. The molecule has 2 aromatic rings. The predicted molar refractivity (Wildman–Crippen MR) is 69.7 cm³/mol. The lowest BCUT2D eigenvalue weighted by Gasteiger charge is -1.90. The number of rotatable bonds is 2. The lowest BCUT2D eigenvalue weighted by molar-refractivity contribution is 0.471. The summed E-state index contributed by atoms with van der Waals surface area (Å²) in [4.78, 5) is 11.4. The first-order valence-corrected chi connectivity index (χ1v) is 5.32. The number of hydrogen-bond acceptors (Lipinski definition) is 2. The Labute approximate surface area is 99.5 Å². The molecule has 0 fully saturated rings. The van der Waals surface area contributed by atoms with Crippen molar-refractivity contribution in [2.24, 2.45) is 0 Å². The highest BCUT2D eigenvalue weighted by Crippen LogP contribution is 2.07. The molecule has 2 rings (SSSR count). The summed E-state index contributed by atoms with van der Waals surface area (Å²) in [5.41, 5.74) is 1.46. The van der Waals surface area contributed by atoms with Gasteiger partial charge in [-0.3, -0.25) is 4.79 Å². The van der Waals surface area contributed by atoms with E-state index in [1.54, 1.807) is 12.1 Å². The van der Waals surface area contributed by atoms with Crippen molar-refractivity contribution >= 4 is 12.2 Å². The Hall–Kier alpha value is -2.35. The van der Waals surface area contributed by atoms with Crippen LogP contribution in [0.4, 0.5) is 0 Å². The summed E-state index contributed by atoms with van der Waals surface area (Å²) in [5.74, 6) is -0.232. The summed E-state index contributed by atoms with van der Waals surface area (Å²) >= 11 is 0. The van der Waals surface area contributed by atoms with Gasteiger partial charge in [0.2, 0.25) is 5.43 Å². The van der Waals surface area contributed by atoms with Gasteiger partial charge in [-0.1, -0.05) is 54.6 Å². The molecule has 0 aliphatic carbocycles. The van der Waals surface area contributed by atoms with Crippen LogP contribution in [0.3, 0.4) is 0 Å². The highest BCUT2D eigenvalue weighted by Gasteiger charge is 1.93. The summed E-state index contributed by atoms with van der Waals surface area (Å²) in [6.45, 7) is 0.